The summed E-state index contributed by atoms with van der Waals surface area (Å²) in [6, 6.07) is 1.79. The molecule has 0 spiro atoms. The number of benzene rings is 2. The summed E-state index contributed by atoms with van der Waals surface area (Å²) in [5.74, 6) is -1.24. The number of rotatable bonds is 2. The van der Waals surface area contributed by atoms with Crippen LogP contribution < -0.4 is 0 Å². The molecule has 0 aliphatic carbocycles. The number of phenols is 2. The molecule has 22 heavy (non-hydrogen) atoms. The Hall–Kier alpha value is -1.88. The summed E-state index contributed by atoms with van der Waals surface area (Å²) < 4.78 is 63.5. The van der Waals surface area contributed by atoms with Gasteiger partial charge in [0.2, 0.25) is 0 Å². The largest absolute Gasteiger partial charge is 0.507 e. The standard InChI is InChI=1S/C12H12O8S2/c1-5-8(21(15,16)17)3-7-4-9(22(18,19)20)6(2)12(14)10(7)11(5)13/h3-4,13-14H,1-2H3,(H,15,16,17)(H,18,19,20). The molecule has 0 unspecified atom stereocenters. The van der Waals surface area contributed by atoms with Gasteiger partial charge < -0.3 is 10.2 Å². The maximum atomic E-state index is 11.3. The van der Waals surface area contributed by atoms with Crippen molar-refractivity contribution in [3.8, 4) is 11.5 Å². The van der Waals surface area contributed by atoms with Crippen LogP contribution in [-0.4, -0.2) is 36.2 Å². The molecule has 0 aromatic heterocycles. The Kier molecular flexibility index (Phi) is 3.61. The van der Waals surface area contributed by atoms with E-state index in [1.165, 1.54) is 13.8 Å². The van der Waals surface area contributed by atoms with Crippen LogP contribution in [0.5, 0.6) is 11.5 Å². The van der Waals surface area contributed by atoms with Gasteiger partial charge in [-0.3, -0.25) is 9.11 Å². The smallest absolute Gasteiger partial charge is 0.294 e. The Morgan fingerprint density at radius 1 is 0.773 bits per heavy atom. The van der Waals surface area contributed by atoms with E-state index in [1.807, 2.05) is 0 Å². The van der Waals surface area contributed by atoms with E-state index in [1.54, 1.807) is 0 Å². The van der Waals surface area contributed by atoms with Crippen LogP contribution >= 0.6 is 0 Å². The minimum Gasteiger partial charge on any atom is -0.507 e. The van der Waals surface area contributed by atoms with Crippen molar-refractivity contribution in [1.82, 2.24) is 0 Å². The molecule has 2 aromatic rings. The van der Waals surface area contributed by atoms with E-state index in [9.17, 15) is 27.0 Å². The average Bonchev–Trinajstić information content (AvgIpc) is 2.34. The van der Waals surface area contributed by atoms with Crippen molar-refractivity contribution in [1.29, 1.82) is 0 Å². The second-order valence-corrected chi connectivity index (χ2v) is 7.52. The highest BCUT2D eigenvalue weighted by Gasteiger charge is 2.24. The molecule has 0 atom stereocenters. The molecule has 0 saturated carbocycles. The lowest BCUT2D eigenvalue weighted by molar-refractivity contribution is 0.451. The molecule has 2 aromatic carbocycles. The molecular formula is C12H12O8S2. The van der Waals surface area contributed by atoms with Gasteiger partial charge in [-0.15, -0.1) is 0 Å². The third-order valence-electron chi connectivity index (χ3n) is 3.34. The van der Waals surface area contributed by atoms with Gasteiger partial charge in [-0.1, -0.05) is 0 Å². The van der Waals surface area contributed by atoms with Crippen LogP contribution in [0.4, 0.5) is 0 Å². The summed E-state index contributed by atoms with van der Waals surface area (Å²) in [7, 11) is -9.34. The summed E-state index contributed by atoms with van der Waals surface area (Å²) in [5.41, 5.74) is -0.409. The molecule has 0 heterocycles. The first-order valence-corrected chi connectivity index (χ1v) is 8.67. The van der Waals surface area contributed by atoms with E-state index < -0.39 is 41.5 Å². The summed E-state index contributed by atoms with van der Waals surface area (Å²) in [4.78, 5) is -1.27. The quantitative estimate of drug-likeness (QED) is 0.594. The van der Waals surface area contributed by atoms with E-state index in [0.29, 0.717) is 0 Å². The van der Waals surface area contributed by atoms with E-state index in [2.05, 4.69) is 0 Å². The lowest BCUT2D eigenvalue weighted by Crippen LogP contribution is -2.04. The zero-order valence-corrected chi connectivity index (χ0v) is 13.0. The number of hydrogen-bond donors (Lipinski definition) is 4. The van der Waals surface area contributed by atoms with Gasteiger partial charge in [0.1, 0.15) is 21.3 Å². The fourth-order valence-corrected chi connectivity index (χ4v) is 3.73. The highest BCUT2D eigenvalue weighted by atomic mass is 32.2. The normalized spacial score (nSPS) is 12.7. The van der Waals surface area contributed by atoms with Gasteiger partial charge in [0, 0.05) is 11.1 Å². The third kappa shape index (κ3) is 2.50. The van der Waals surface area contributed by atoms with Crippen LogP contribution in [-0.2, 0) is 20.2 Å². The molecule has 0 aliphatic heterocycles. The average molecular weight is 348 g/mol. The molecule has 0 radical (unpaired) electrons. The van der Waals surface area contributed by atoms with Crippen LogP contribution in [0, 0.1) is 13.8 Å². The van der Waals surface area contributed by atoms with Gasteiger partial charge in [0.25, 0.3) is 20.2 Å². The lowest BCUT2D eigenvalue weighted by Gasteiger charge is -2.14. The van der Waals surface area contributed by atoms with E-state index in [0.717, 1.165) is 12.1 Å². The Morgan fingerprint density at radius 3 is 1.36 bits per heavy atom. The lowest BCUT2D eigenvalue weighted by atomic mass is 10.0. The Bertz CT molecular complexity index is 925. The van der Waals surface area contributed by atoms with Crippen LogP contribution in [0.15, 0.2) is 21.9 Å². The molecule has 0 aliphatic rings. The summed E-state index contributed by atoms with van der Waals surface area (Å²) in [6.07, 6.45) is 0. The van der Waals surface area contributed by atoms with E-state index in [4.69, 9.17) is 9.11 Å². The van der Waals surface area contributed by atoms with Gasteiger partial charge >= 0.3 is 0 Å². The zero-order valence-electron chi connectivity index (χ0n) is 11.4. The molecule has 0 amide bonds. The maximum Gasteiger partial charge on any atom is 0.294 e. The van der Waals surface area contributed by atoms with Gasteiger partial charge in [-0.2, -0.15) is 16.8 Å². The van der Waals surface area contributed by atoms with E-state index >= 15 is 0 Å². The first-order valence-electron chi connectivity index (χ1n) is 5.79. The van der Waals surface area contributed by atoms with Crippen molar-refractivity contribution in [2.24, 2.45) is 0 Å². The molecule has 0 saturated heterocycles. The van der Waals surface area contributed by atoms with Gasteiger partial charge in [0.05, 0.1) is 5.39 Å². The zero-order chi connectivity index (χ0) is 17.0. The molecule has 120 valence electrons. The van der Waals surface area contributed by atoms with Crippen molar-refractivity contribution < 1.29 is 36.2 Å². The number of fused-ring (bicyclic) bond motifs is 1. The predicted molar refractivity (Wildman–Crippen MR) is 76.4 cm³/mol. The monoisotopic (exact) mass is 348 g/mol. The van der Waals surface area contributed by atoms with Crippen molar-refractivity contribution >= 4 is 31.0 Å². The first-order chi connectivity index (χ1) is 9.85. The van der Waals surface area contributed by atoms with Crippen LogP contribution in [0.3, 0.4) is 0 Å². The summed E-state index contributed by atoms with van der Waals surface area (Å²) in [6.45, 7) is 2.42. The third-order valence-corrected chi connectivity index (χ3v) is 5.30. The molecule has 4 N–H and O–H groups in total. The fraction of sp³-hybridized carbons (Fsp3) is 0.167. The molecule has 0 bridgehead atoms. The molecule has 2 rings (SSSR count). The molecule has 8 nitrogen and oxygen atoms in total. The highest BCUT2D eigenvalue weighted by molar-refractivity contribution is 7.86. The van der Waals surface area contributed by atoms with Gasteiger partial charge in [-0.25, -0.2) is 0 Å². The minimum atomic E-state index is -4.67. The number of hydrogen-bond acceptors (Lipinski definition) is 6. The number of phenolic OH excluding ortho intramolecular Hbond substituents is 2. The SMILES string of the molecule is Cc1c(S(=O)(=O)O)cc2cc(S(=O)(=O)O)c(C)c(O)c2c1O. The maximum absolute atomic E-state index is 11.3. The van der Waals surface area contributed by atoms with Crippen LogP contribution in [0.1, 0.15) is 11.1 Å². The molecular weight excluding hydrogens is 336 g/mol. The Labute approximate surface area is 126 Å². The molecule has 10 heteroatoms. The van der Waals surface area contributed by atoms with Crippen LogP contribution in [0.25, 0.3) is 10.8 Å². The Balaban J connectivity index is 3.11. The summed E-state index contributed by atoms with van der Waals surface area (Å²) >= 11 is 0. The first kappa shape index (κ1) is 16.5. The minimum absolute atomic E-state index is 0.175. The second-order valence-electron chi connectivity index (χ2n) is 4.74. The summed E-state index contributed by atoms with van der Waals surface area (Å²) in [5, 5.41) is 19.7. The highest BCUT2D eigenvalue weighted by Crippen LogP contribution is 2.42. The van der Waals surface area contributed by atoms with Crippen molar-refractivity contribution in [3.63, 3.8) is 0 Å². The predicted octanol–water partition coefficient (Wildman–Crippen LogP) is 1.36. The second kappa shape index (κ2) is 4.81. The molecule has 0 fully saturated rings. The fourth-order valence-electron chi connectivity index (χ4n) is 2.21. The van der Waals surface area contributed by atoms with Crippen LogP contribution in [0.2, 0.25) is 0 Å². The van der Waals surface area contributed by atoms with Crippen molar-refractivity contribution in [2.75, 3.05) is 0 Å². The Morgan fingerprint density at radius 2 is 1.09 bits per heavy atom. The van der Waals surface area contributed by atoms with Gasteiger partial charge in [0.15, 0.2) is 0 Å². The van der Waals surface area contributed by atoms with Crippen molar-refractivity contribution in [2.45, 2.75) is 23.6 Å². The topological polar surface area (TPSA) is 149 Å². The number of aromatic hydroxyl groups is 2. The van der Waals surface area contributed by atoms with E-state index in [-0.39, 0.29) is 21.9 Å². The van der Waals surface area contributed by atoms with Gasteiger partial charge in [-0.05, 0) is 31.4 Å². The van der Waals surface area contributed by atoms with Crippen molar-refractivity contribution in [3.05, 3.63) is 23.3 Å².